The topological polar surface area (TPSA) is 26.3 Å². The molecule has 2 aliphatic carbocycles. The predicted molar refractivity (Wildman–Crippen MR) is 96.1 cm³/mol. The van der Waals surface area contributed by atoms with Crippen LogP contribution in [0.15, 0.2) is 12.2 Å². The summed E-state index contributed by atoms with van der Waals surface area (Å²) in [5.41, 5.74) is 0.516. The maximum Gasteiger partial charge on any atom is 0.330 e. The van der Waals surface area contributed by atoms with Crippen molar-refractivity contribution in [2.45, 2.75) is 73.6 Å². The summed E-state index contributed by atoms with van der Waals surface area (Å²) in [5, 5.41) is 0. The number of carbonyl (C=O) groups excluding carboxylic acids is 1. The van der Waals surface area contributed by atoms with E-state index >= 15 is 0 Å². The lowest BCUT2D eigenvalue weighted by molar-refractivity contribution is -0.137. The summed E-state index contributed by atoms with van der Waals surface area (Å²) in [6.07, 6.45) is 10.6. The van der Waals surface area contributed by atoms with Crippen molar-refractivity contribution < 1.29 is 9.53 Å². The standard InChI is InChI=1S/C21H36O2/c1-7-23-19(22)12-14-20(4,5)16(3)18-11-10-17-15(2)9-8-13-21(17,18)6/h12,14-18H,7-11,13H2,1-6H3/b14-12+/t15-,16+,17?,18?,21-/m0/s1. The number of allylic oxidation sites excluding steroid dienone is 1. The third-order valence-corrected chi connectivity index (χ3v) is 7.26. The zero-order valence-corrected chi connectivity index (χ0v) is 16.0. The van der Waals surface area contributed by atoms with Crippen LogP contribution >= 0.6 is 0 Å². The van der Waals surface area contributed by atoms with Crippen LogP contribution in [0.2, 0.25) is 0 Å². The molecule has 2 rings (SSSR count). The lowest BCUT2D eigenvalue weighted by Gasteiger charge is -2.48. The highest BCUT2D eigenvalue weighted by Gasteiger charge is 2.53. The fourth-order valence-electron chi connectivity index (χ4n) is 5.57. The molecule has 2 heteroatoms. The van der Waals surface area contributed by atoms with Crippen molar-refractivity contribution in [3.8, 4) is 0 Å². The van der Waals surface area contributed by atoms with Gasteiger partial charge in [-0.15, -0.1) is 0 Å². The summed E-state index contributed by atoms with van der Waals surface area (Å²) in [7, 11) is 0. The molecule has 2 nitrogen and oxygen atoms in total. The van der Waals surface area contributed by atoms with Gasteiger partial charge in [0.1, 0.15) is 0 Å². The van der Waals surface area contributed by atoms with E-state index in [0.29, 0.717) is 17.9 Å². The number of esters is 1. The van der Waals surface area contributed by atoms with Crippen molar-refractivity contribution in [3.63, 3.8) is 0 Å². The normalized spacial score (nSPS) is 36.0. The van der Waals surface area contributed by atoms with Crippen LogP contribution in [-0.4, -0.2) is 12.6 Å². The Balaban J connectivity index is 2.12. The number of hydrogen-bond donors (Lipinski definition) is 0. The lowest BCUT2D eigenvalue weighted by Crippen LogP contribution is -2.41. The first-order valence-electron chi connectivity index (χ1n) is 9.58. The third-order valence-electron chi connectivity index (χ3n) is 7.26. The van der Waals surface area contributed by atoms with Crippen molar-refractivity contribution >= 4 is 5.97 Å². The molecule has 0 aromatic rings. The average Bonchev–Trinajstić information content (AvgIpc) is 2.83. The highest BCUT2D eigenvalue weighted by atomic mass is 16.5. The zero-order chi connectivity index (χ0) is 17.3. The maximum atomic E-state index is 11.7. The first-order valence-corrected chi connectivity index (χ1v) is 9.58. The summed E-state index contributed by atoms with van der Waals surface area (Å²) in [6, 6.07) is 0. The SMILES string of the molecule is CCOC(=O)/C=C/C(C)(C)[C@H](C)C1CCC2[C@@H](C)CCC[C@]12C. The zero-order valence-electron chi connectivity index (χ0n) is 16.0. The van der Waals surface area contributed by atoms with Gasteiger partial charge in [-0.2, -0.15) is 0 Å². The Kier molecular flexibility index (Phi) is 5.63. The molecule has 0 aromatic carbocycles. The lowest BCUT2D eigenvalue weighted by atomic mass is 9.57. The first kappa shape index (κ1) is 18.5. The molecule has 2 fully saturated rings. The van der Waals surface area contributed by atoms with E-state index < -0.39 is 0 Å². The fourth-order valence-corrected chi connectivity index (χ4v) is 5.57. The molecule has 0 heterocycles. The summed E-state index contributed by atoms with van der Waals surface area (Å²) in [4.78, 5) is 11.7. The van der Waals surface area contributed by atoms with Crippen LogP contribution in [0.1, 0.15) is 73.6 Å². The van der Waals surface area contributed by atoms with E-state index in [2.05, 4.69) is 40.7 Å². The van der Waals surface area contributed by atoms with Gasteiger partial charge >= 0.3 is 5.97 Å². The minimum atomic E-state index is -0.213. The van der Waals surface area contributed by atoms with Gasteiger partial charge in [0.2, 0.25) is 0 Å². The molecular formula is C21H36O2. The molecule has 2 unspecified atom stereocenters. The van der Waals surface area contributed by atoms with E-state index in [1.807, 2.05) is 6.92 Å². The van der Waals surface area contributed by atoms with Crippen LogP contribution in [0.25, 0.3) is 0 Å². The monoisotopic (exact) mass is 320 g/mol. The average molecular weight is 321 g/mol. The molecule has 132 valence electrons. The molecule has 0 spiro atoms. The Labute approximate surface area is 143 Å². The van der Waals surface area contributed by atoms with E-state index in [1.54, 1.807) is 6.08 Å². The summed E-state index contributed by atoms with van der Waals surface area (Å²) >= 11 is 0. The Morgan fingerprint density at radius 1 is 1.35 bits per heavy atom. The van der Waals surface area contributed by atoms with Crippen LogP contribution in [-0.2, 0) is 9.53 Å². The second kappa shape index (κ2) is 6.99. The van der Waals surface area contributed by atoms with Gasteiger partial charge in [-0.1, -0.05) is 53.5 Å². The molecule has 5 atom stereocenters. The fraction of sp³-hybridized carbons (Fsp3) is 0.857. The third kappa shape index (κ3) is 3.67. The molecule has 2 aliphatic rings. The quantitative estimate of drug-likeness (QED) is 0.485. The molecule has 0 N–H and O–H groups in total. The number of rotatable bonds is 5. The molecule has 0 aliphatic heterocycles. The van der Waals surface area contributed by atoms with Gasteiger partial charge in [0.15, 0.2) is 0 Å². The summed E-state index contributed by atoms with van der Waals surface area (Å²) in [6.45, 7) is 14.2. The molecule has 2 saturated carbocycles. The van der Waals surface area contributed by atoms with Gasteiger partial charge in [-0.3, -0.25) is 0 Å². The van der Waals surface area contributed by atoms with Crippen molar-refractivity contribution in [1.29, 1.82) is 0 Å². The van der Waals surface area contributed by atoms with Gasteiger partial charge in [0, 0.05) is 6.08 Å². The number of fused-ring (bicyclic) bond motifs is 1. The van der Waals surface area contributed by atoms with Crippen LogP contribution in [0, 0.1) is 34.5 Å². The molecule has 0 bridgehead atoms. The predicted octanol–water partition coefficient (Wildman–Crippen LogP) is 5.62. The van der Waals surface area contributed by atoms with Crippen LogP contribution in [0.3, 0.4) is 0 Å². The smallest absolute Gasteiger partial charge is 0.330 e. The van der Waals surface area contributed by atoms with Gasteiger partial charge in [0.05, 0.1) is 6.61 Å². The van der Waals surface area contributed by atoms with Crippen LogP contribution < -0.4 is 0 Å². The number of carbonyl (C=O) groups is 1. The minimum Gasteiger partial charge on any atom is -0.463 e. The largest absolute Gasteiger partial charge is 0.463 e. The minimum absolute atomic E-state index is 0.0238. The Bertz CT molecular complexity index is 451. The van der Waals surface area contributed by atoms with E-state index in [9.17, 15) is 4.79 Å². The van der Waals surface area contributed by atoms with E-state index in [1.165, 1.54) is 32.1 Å². The second-order valence-corrected chi connectivity index (χ2v) is 8.86. The Morgan fingerprint density at radius 2 is 2.04 bits per heavy atom. The van der Waals surface area contributed by atoms with Gasteiger partial charge in [0.25, 0.3) is 0 Å². The molecule has 0 radical (unpaired) electrons. The summed E-state index contributed by atoms with van der Waals surface area (Å²) in [5.74, 6) is 2.90. The van der Waals surface area contributed by atoms with Gasteiger partial charge < -0.3 is 4.74 Å². The van der Waals surface area contributed by atoms with Crippen molar-refractivity contribution in [2.75, 3.05) is 6.61 Å². The number of ether oxygens (including phenoxy) is 1. The molecular weight excluding hydrogens is 284 g/mol. The van der Waals surface area contributed by atoms with Crippen LogP contribution in [0.4, 0.5) is 0 Å². The first-order chi connectivity index (χ1) is 10.7. The van der Waals surface area contributed by atoms with Crippen molar-refractivity contribution in [3.05, 3.63) is 12.2 Å². The van der Waals surface area contributed by atoms with E-state index in [4.69, 9.17) is 4.74 Å². The second-order valence-electron chi connectivity index (χ2n) is 8.86. The van der Waals surface area contributed by atoms with Crippen molar-refractivity contribution in [1.82, 2.24) is 0 Å². The molecule has 0 amide bonds. The van der Waals surface area contributed by atoms with Crippen LogP contribution in [0.5, 0.6) is 0 Å². The summed E-state index contributed by atoms with van der Waals surface area (Å²) < 4.78 is 5.04. The highest BCUT2D eigenvalue weighted by molar-refractivity contribution is 5.82. The van der Waals surface area contributed by atoms with Gasteiger partial charge in [-0.25, -0.2) is 4.79 Å². The molecule has 0 aromatic heterocycles. The molecule has 0 saturated heterocycles. The van der Waals surface area contributed by atoms with Crippen molar-refractivity contribution in [2.24, 2.45) is 34.5 Å². The van der Waals surface area contributed by atoms with E-state index in [-0.39, 0.29) is 11.4 Å². The van der Waals surface area contributed by atoms with E-state index in [0.717, 1.165) is 17.8 Å². The molecule has 23 heavy (non-hydrogen) atoms. The Hall–Kier alpha value is -0.790. The maximum absolute atomic E-state index is 11.7. The highest BCUT2D eigenvalue weighted by Crippen LogP contribution is 2.61. The number of hydrogen-bond acceptors (Lipinski definition) is 2. The van der Waals surface area contributed by atoms with Gasteiger partial charge in [-0.05, 0) is 60.7 Å². The Morgan fingerprint density at radius 3 is 2.70 bits per heavy atom.